The van der Waals surface area contributed by atoms with E-state index in [1.807, 2.05) is 57.3 Å². The Balaban J connectivity index is 1.76. The Labute approximate surface area is 194 Å². The maximum absolute atomic E-state index is 12.2. The Morgan fingerprint density at radius 2 is 1.94 bits per heavy atom. The summed E-state index contributed by atoms with van der Waals surface area (Å²) in [5.74, 6) is -0.0693. The monoisotopic (exact) mass is 447 g/mol. The summed E-state index contributed by atoms with van der Waals surface area (Å²) in [5, 5.41) is 7.16. The summed E-state index contributed by atoms with van der Waals surface area (Å²) in [6.45, 7) is 7.87. The van der Waals surface area contributed by atoms with E-state index in [0.29, 0.717) is 5.11 Å². The van der Waals surface area contributed by atoms with Crippen LogP contribution in [0.2, 0.25) is 0 Å². The van der Waals surface area contributed by atoms with Crippen LogP contribution in [0.4, 0.5) is 11.4 Å². The fourth-order valence-corrected chi connectivity index (χ4v) is 4.42. The quantitative estimate of drug-likeness (QED) is 0.550. The highest BCUT2D eigenvalue weighted by Gasteiger charge is 2.42. The fraction of sp³-hybridized carbons (Fsp3) is 0.320. The predicted molar refractivity (Wildman–Crippen MR) is 133 cm³/mol. The number of benzene rings is 1. The first-order valence-corrected chi connectivity index (χ1v) is 11.2. The van der Waals surface area contributed by atoms with Crippen molar-refractivity contribution in [3.63, 3.8) is 0 Å². The Bertz CT molecular complexity index is 1150. The lowest BCUT2D eigenvalue weighted by atomic mass is 10.0. The third-order valence-electron chi connectivity index (χ3n) is 6.08. The zero-order chi connectivity index (χ0) is 23.0. The maximum atomic E-state index is 12.2. The fourth-order valence-electron chi connectivity index (χ4n) is 4.08. The molecule has 4 rings (SSSR count). The number of pyridine rings is 1. The normalized spacial score (nSPS) is 18.2. The molecular formula is C25H29N5OS. The highest BCUT2D eigenvalue weighted by atomic mass is 32.1. The summed E-state index contributed by atoms with van der Waals surface area (Å²) >= 11 is 5.81. The molecule has 1 saturated heterocycles. The summed E-state index contributed by atoms with van der Waals surface area (Å²) in [4.78, 5) is 18.9. The molecule has 2 N–H and O–H groups in total. The van der Waals surface area contributed by atoms with Crippen molar-refractivity contribution >= 4 is 34.6 Å². The van der Waals surface area contributed by atoms with E-state index in [4.69, 9.17) is 12.2 Å². The van der Waals surface area contributed by atoms with Gasteiger partial charge in [0.2, 0.25) is 5.91 Å². The topological polar surface area (TPSA) is 62.2 Å². The van der Waals surface area contributed by atoms with E-state index in [9.17, 15) is 4.79 Å². The van der Waals surface area contributed by atoms with Gasteiger partial charge in [0.05, 0.1) is 11.7 Å². The lowest BCUT2D eigenvalue weighted by molar-refractivity contribution is -0.118. The number of nitrogens with zero attached hydrogens (tertiary/aromatic N) is 3. The number of carbonyl (C=O) groups is 1. The Kier molecular flexibility index (Phi) is 6.02. The molecule has 1 aromatic carbocycles. The number of aromatic nitrogens is 2. The van der Waals surface area contributed by atoms with Crippen molar-refractivity contribution in [3.8, 4) is 0 Å². The number of carbonyl (C=O) groups excluding carboxylic acids is 1. The summed E-state index contributed by atoms with van der Waals surface area (Å²) in [6.07, 6.45) is 1.81. The highest BCUT2D eigenvalue weighted by Crippen LogP contribution is 2.42. The number of anilines is 2. The van der Waals surface area contributed by atoms with Crippen LogP contribution in [0.5, 0.6) is 0 Å². The molecule has 1 aliphatic rings. The van der Waals surface area contributed by atoms with Gasteiger partial charge in [-0.1, -0.05) is 19.9 Å². The van der Waals surface area contributed by atoms with Crippen LogP contribution in [-0.2, 0) is 11.8 Å². The summed E-state index contributed by atoms with van der Waals surface area (Å²) in [5.41, 5.74) is 6.06. The van der Waals surface area contributed by atoms with E-state index in [-0.39, 0.29) is 23.9 Å². The highest BCUT2D eigenvalue weighted by molar-refractivity contribution is 7.80. The molecule has 0 saturated carbocycles. The minimum absolute atomic E-state index is 0.00610. The van der Waals surface area contributed by atoms with Crippen molar-refractivity contribution < 1.29 is 4.79 Å². The van der Waals surface area contributed by atoms with E-state index in [1.54, 1.807) is 0 Å². The van der Waals surface area contributed by atoms with Gasteiger partial charge in [-0.2, -0.15) is 0 Å². The second-order valence-electron chi connectivity index (χ2n) is 8.60. The van der Waals surface area contributed by atoms with Crippen molar-refractivity contribution in [1.29, 1.82) is 0 Å². The molecule has 2 atom stereocenters. The Hall–Kier alpha value is -3.19. The largest absolute Gasteiger partial charge is 0.351 e. The molecule has 2 aromatic heterocycles. The molecule has 1 fully saturated rings. The number of nitrogens with one attached hydrogen (secondary N) is 2. The maximum Gasteiger partial charge on any atom is 0.226 e. The molecule has 7 heteroatoms. The van der Waals surface area contributed by atoms with Crippen LogP contribution in [0.1, 0.15) is 48.6 Å². The van der Waals surface area contributed by atoms with Crippen LogP contribution in [0, 0.1) is 19.8 Å². The number of hydrogen-bond acceptors (Lipinski definition) is 3. The second-order valence-corrected chi connectivity index (χ2v) is 8.99. The van der Waals surface area contributed by atoms with Crippen molar-refractivity contribution in [2.45, 2.75) is 39.8 Å². The molecule has 1 amide bonds. The zero-order valence-electron chi connectivity index (χ0n) is 19.1. The van der Waals surface area contributed by atoms with Crippen LogP contribution >= 0.6 is 12.2 Å². The van der Waals surface area contributed by atoms with Gasteiger partial charge >= 0.3 is 0 Å². The molecule has 0 unspecified atom stereocenters. The second kappa shape index (κ2) is 8.74. The molecular weight excluding hydrogens is 418 g/mol. The third kappa shape index (κ3) is 4.00. The van der Waals surface area contributed by atoms with Gasteiger partial charge < -0.3 is 20.1 Å². The Morgan fingerprint density at radius 3 is 2.53 bits per heavy atom. The molecule has 1 aliphatic heterocycles. The van der Waals surface area contributed by atoms with E-state index in [2.05, 4.69) is 57.3 Å². The number of hydrogen-bond donors (Lipinski definition) is 2. The van der Waals surface area contributed by atoms with Gasteiger partial charge in [0.1, 0.15) is 6.04 Å². The van der Waals surface area contributed by atoms with Crippen LogP contribution < -0.4 is 15.5 Å². The number of thiocarbonyl (C=S) groups is 1. The number of aryl methyl sites for hydroxylation is 2. The van der Waals surface area contributed by atoms with E-state index in [0.717, 1.165) is 28.3 Å². The molecule has 3 heterocycles. The van der Waals surface area contributed by atoms with Gasteiger partial charge in [-0.15, -0.1) is 0 Å². The molecule has 0 radical (unpaired) electrons. The zero-order valence-corrected chi connectivity index (χ0v) is 19.9. The van der Waals surface area contributed by atoms with Crippen LogP contribution in [0.15, 0.2) is 54.7 Å². The number of amides is 1. The average Bonchev–Trinajstić information content (AvgIpc) is 3.28. The summed E-state index contributed by atoms with van der Waals surface area (Å²) in [7, 11) is 2.08. The minimum Gasteiger partial charge on any atom is -0.351 e. The van der Waals surface area contributed by atoms with Gasteiger partial charge in [0, 0.05) is 41.9 Å². The van der Waals surface area contributed by atoms with Crippen molar-refractivity contribution in [2.24, 2.45) is 13.0 Å². The van der Waals surface area contributed by atoms with Crippen LogP contribution in [-0.4, -0.2) is 20.6 Å². The molecule has 3 aromatic rings. The first-order valence-electron chi connectivity index (χ1n) is 10.8. The molecule has 166 valence electrons. The summed E-state index contributed by atoms with van der Waals surface area (Å²) < 4.78 is 2.20. The first kappa shape index (κ1) is 22.0. The third-order valence-corrected chi connectivity index (χ3v) is 6.40. The molecule has 0 spiro atoms. The standard InChI is InChI=1S/C25H29N5OS/c1-15(2)24(31)27-19-11-10-18(14-16(19)3)30-23(21-12-9-17(4)29(21)5)22(28-25(30)32)20-8-6-7-13-26-20/h6-15,22-23H,1-5H3,(H,27,31)(H,28,32)/t22-,23+/m0/s1. The lowest BCUT2D eigenvalue weighted by Gasteiger charge is -2.29. The van der Waals surface area contributed by atoms with Gasteiger partial charge in [-0.25, -0.2) is 0 Å². The summed E-state index contributed by atoms with van der Waals surface area (Å²) in [6, 6.07) is 16.1. The molecule has 6 nitrogen and oxygen atoms in total. The Morgan fingerprint density at radius 1 is 1.16 bits per heavy atom. The molecule has 32 heavy (non-hydrogen) atoms. The van der Waals surface area contributed by atoms with Gasteiger partial charge in [-0.05, 0) is 74.1 Å². The van der Waals surface area contributed by atoms with Crippen molar-refractivity contribution in [3.05, 3.63) is 77.4 Å². The average molecular weight is 448 g/mol. The predicted octanol–water partition coefficient (Wildman–Crippen LogP) is 4.81. The SMILES string of the molecule is Cc1cc(N2C(=S)N[C@@H](c3ccccn3)[C@H]2c2ccc(C)n2C)ccc1NC(=O)C(C)C. The van der Waals surface area contributed by atoms with E-state index < -0.39 is 0 Å². The van der Waals surface area contributed by atoms with E-state index in [1.165, 1.54) is 5.69 Å². The minimum atomic E-state index is -0.0858. The van der Waals surface area contributed by atoms with Crippen molar-refractivity contribution in [2.75, 3.05) is 10.2 Å². The molecule has 0 aliphatic carbocycles. The first-order chi connectivity index (χ1) is 15.3. The molecule has 0 bridgehead atoms. The lowest BCUT2D eigenvalue weighted by Crippen LogP contribution is -2.30. The smallest absolute Gasteiger partial charge is 0.226 e. The van der Waals surface area contributed by atoms with Gasteiger partial charge in [0.25, 0.3) is 0 Å². The van der Waals surface area contributed by atoms with Crippen LogP contribution in [0.25, 0.3) is 0 Å². The van der Waals surface area contributed by atoms with E-state index >= 15 is 0 Å². The number of rotatable bonds is 5. The van der Waals surface area contributed by atoms with Crippen LogP contribution in [0.3, 0.4) is 0 Å². The van der Waals surface area contributed by atoms with Gasteiger partial charge in [0.15, 0.2) is 5.11 Å². The van der Waals surface area contributed by atoms with Gasteiger partial charge in [-0.3, -0.25) is 9.78 Å². The van der Waals surface area contributed by atoms with Crippen molar-refractivity contribution in [1.82, 2.24) is 14.9 Å².